The predicted octanol–water partition coefficient (Wildman–Crippen LogP) is 2.61. The van der Waals surface area contributed by atoms with E-state index in [0.29, 0.717) is 17.6 Å². The van der Waals surface area contributed by atoms with Crippen LogP contribution in [0.5, 0.6) is 0 Å². The molecule has 5 heteroatoms. The van der Waals surface area contributed by atoms with Crippen LogP contribution in [0.1, 0.15) is 48.8 Å². The molecule has 1 aromatic heterocycles. The number of likely N-dealkylation sites (tertiary alicyclic amines) is 1. The Morgan fingerprint density at radius 3 is 3.00 bits per heavy atom. The van der Waals surface area contributed by atoms with Crippen LogP contribution in [0.3, 0.4) is 0 Å². The lowest BCUT2D eigenvalue weighted by molar-refractivity contribution is 0.0719. The zero-order valence-electron chi connectivity index (χ0n) is 11.7. The first-order valence-electron chi connectivity index (χ1n) is 7.07. The second-order valence-electron chi connectivity index (χ2n) is 5.12. The number of carbonyl (C=O) groups is 1. The van der Waals surface area contributed by atoms with Gasteiger partial charge in [-0.05, 0) is 38.2 Å². The highest BCUT2D eigenvalue weighted by Crippen LogP contribution is 2.24. The summed E-state index contributed by atoms with van der Waals surface area (Å²) in [6.45, 7) is 2.91. The van der Waals surface area contributed by atoms with Crippen LogP contribution in [0.4, 0.5) is 0 Å². The van der Waals surface area contributed by atoms with Gasteiger partial charge < -0.3 is 4.90 Å². The van der Waals surface area contributed by atoms with Crippen molar-refractivity contribution in [1.29, 1.82) is 0 Å². The van der Waals surface area contributed by atoms with Crippen LogP contribution in [-0.4, -0.2) is 39.1 Å². The number of aryl methyl sites for hydroxylation is 2. The molecule has 106 valence electrons. The lowest BCUT2D eigenvalue weighted by Crippen LogP contribution is -2.36. The van der Waals surface area contributed by atoms with E-state index >= 15 is 0 Å². The molecule has 2 rings (SSSR count). The molecule has 0 aromatic carbocycles. The summed E-state index contributed by atoms with van der Waals surface area (Å²) in [5.74, 6) is 0.788. The van der Waals surface area contributed by atoms with Crippen LogP contribution in [-0.2, 0) is 13.5 Å². The number of nitrogens with zero attached hydrogens (tertiary/aromatic N) is 3. The maximum atomic E-state index is 12.6. The summed E-state index contributed by atoms with van der Waals surface area (Å²) in [7, 11) is 1.84. The third-order valence-electron chi connectivity index (χ3n) is 3.82. The zero-order valence-corrected chi connectivity index (χ0v) is 12.5. The summed E-state index contributed by atoms with van der Waals surface area (Å²) < 4.78 is 1.71. The van der Waals surface area contributed by atoms with Gasteiger partial charge in [0.25, 0.3) is 5.91 Å². The van der Waals surface area contributed by atoms with Gasteiger partial charge in [-0.1, -0.05) is 6.92 Å². The van der Waals surface area contributed by atoms with Crippen LogP contribution in [0.15, 0.2) is 6.07 Å². The molecule has 1 atom stereocenters. The van der Waals surface area contributed by atoms with Crippen molar-refractivity contribution in [3.05, 3.63) is 17.5 Å². The van der Waals surface area contributed by atoms with Crippen LogP contribution in [0, 0.1) is 0 Å². The molecule has 1 amide bonds. The molecule has 0 bridgehead atoms. The largest absolute Gasteiger partial charge is 0.334 e. The summed E-state index contributed by atoms with van der Waals surface area (Å²) in [5.41, 5.74) is 1.68. The van der Waals surface area contributed by atoms with Gasteiger partial charge in [0, 0.05) is 25.5 Å². The zero-order chi connectivity index (χ0) is 13.8. The van der Waals surface area contributed by atoms with Crippen molar-refractivity contribution in [2.24, 2.45) is 7.05 Å². The van der Waals surface area contributed by atoms with Crippen molar-refractivity contribution in [2.75, 3.05) is 12.4 Å². The molecular formula is C14H22ClN3O. The fourth-order valence-electron chi connectivity index (χ4n) is 2.76. The van der Waals surface area contributed by atoms with Gasteiger partial charge in [0.15, 0.2) is 0 Å². The highest BCUT2D eigenvalue weighted by atomic mass is 35.5. The van der Waals surface area contributed by atoms with E-state index in [1.54, 1.807) is 4.68 Å². The highest BCUT2D eigenvalue weighted by Gasteiger charge is 2.30. The smallest absolute Gasteiger partial charge is 0.272 e. The number of alkyl halides is 1. The quantitative estimate of drug-likeness (QED) is 0.779. The molecule has 0 N–H and O–H groups in total. The van der Waals surface area contributed by atoms with Crippen molar-refractivity contribution in [1.82, 2.24) is 14.7 Å². The number of carbonyl (C=O) groups excluding carboxylic acids is 1. The van der Waals surface area contributed by atoms with Crippen molar-refractivity contribution >= 4 is 17.5 Å². The molecule has 2 heterocycles. The van der Waals surface area contributed by atoms with E-state index < -0.39 is 0 Å². The second-order valence-corrected chi connectivity index (χ2v) is 5.50. The highest BCUT2D eigenvalue weighted by molar-refractivity contribution is 6.17. The summed E-state index contributed by atoms with van der Waals surface area (Å²) in [5, 5.41) is 4.36. The van der Waals surface area contributed by atoms with Gasteiger partial charge in [-0.3, -0.25) is 9.48 Å². The topological polar surface area (TPSA) is 38.1 Å². The molecule has 19 heavy (non-hydrogen) atoms. The first-order chi connectivity index (χ1) is 9.17. The first kappa shape index (κ1) is 14.4. The number of aromatic nitrogens is 2. The lowest BCUT2D eigenvalue weighted by Gasteiger charge is -2.24. The van der Waals surface area contributed by atoms with Crippen LogP contribution in [0.2, 0.25) is 0 Å². The van der Waals surface area contributed by atoms with Crippen molar-refractivity contribution < 1.29 is 4.79 Å². The Labute approximate surface area is 119 Å². The normalized spacial score (nSPS) is 19.1. The number of amides is 1. The number of rotatable bonds is 5. The first-order valence-corrected chi connectivity index (χ1v) is 7.60. The molecule has 0 spiro atoms. The van der Waals surface area contributed by atoms with E-state index in [1.807, 2.05) is 18.0 Å². The van der Waals surface area contributed by atoms with Gasteiger partial charge in [0.2, 0.25) is 0 Å². The van der Waals surface area contributed by atoms with Crippen molar-refractivity contribution in [2.45, 2.75) is 45.1 Å². The average molecular weight is 284 g/mol. The molecular weight excluding hydrogens is 262 g/mol. The van der Waals surface area contributed by atoms with E-state index in [4.69, 9.17) is 11.6 Å². The molecule has 1 fully saturated rings. The van der Waals surface area contributed by atoms with Gasteiger partial charge in [0.1, 0.15) is 5.69 Å². The van der Waals surface area contributed by atoms with E-state index in [9.17, 15) is 4.79 Å². The van der Waals surface area contributed by atoms with Crippen LogP contribution >= 0.6 is 11.6 Å². The van der Waals surface area contributed by atoms with E-state index in [-0.39, 0.29) is 5.91 Å². The maximum absolute atomic E-state index is 12.6. The summed E-state index contributed by atoms with van der Waals surface area (Å²) in [4.78, 5) is 14.6. The number of halogens is 1. The molecule has 1 aliphatic heterocycles. The van der Waals surface area contributed by atoms with Crippen LogP contribution in [0.25, 0.3) is 0 Å². The van der Waals surface area contributed by atoms with Gasteiger partial charge in [-0.25, -0.2) is 0 Å². The monoisotopic (exact) mass is 283 g/mol. The molecule has 1 unspecified atom stereocenters. The van der Waals surface area contributed by atoms with Gasteiger partial charge >= 0.3 is 0 Å². The van der Waals surface area contributed by atoms with E-state index in [1.165, 1.54) is 0 Å². The predicted molar refractivity (Wildman–Crippen MR) is 76.6 cm³/mol. The Morgan fingerprint density at radius 2 is 2.37 bits per heavy atom. The van der Waals surface area contributed by atoms with Gasteiger partial charge in [-0.15, -0.1) is 11.6 Å². The van der Waals surface area contributed by atoms with E-state index in [0.717, 1.165) is 44.3 Å². The third kappa shape index (κ3) is 3.11. The lowest BCUT2D eigenvalue weighted by atomic mass is 10.1. The van der Waals surface area contributed by atoms with Crippen molar-refractivity contribution in [3.63, 3.8) is 0 Å². The molecule has 0 radical (unpaired) electrons. The Bertz CT molecular complexity index is 444. The van der Waals surface area contributed by atoms with Crippen LogP contribution < -0.4 is 0 Å². The molecule has 1 saturated heterocycles. The fourth-order valence-corrected chi connectivity index (χ4v) is 2.92. The minimum atomic E-state index is 0.117. The molecule has 1 aliphatic rings. The Morgan fingerprint density at radius 1 is 1.58 bits per heavy atom. The third-order valence-corrected chi connectivity index (χ3v) is 4.09. The molecule has 4 nitrogen and oxygen atoms in total. The average Bonchev–Trinajstić information content (AvgIpc) is 3.01. The standard InChI is InChI=1S/C14H22ClN3O/c1-3-11-10-13(17(2)16-11)14(19)18-9-5-7-12(18)6-4-8-15/h10,12H,3-9H2,1-2H3. The van der Waals surface area contributed by atoms with Gasteiger partial charge in [0.05, 0.1) is 5.69 Å². The SMILES string of the molecule is CCc1cc(C(=O)N2CCCC2CCCCl)n(C)n1. The minimum Gasteiger partial charge on any atom is -0.334 e. The molecule has 1 aromatic rings. The molecule has 0 aliphatic carbocycles. The van der Waals surface area contributed by atoms with Crippen molar-refractivity contribution in [3.8, 4) is 0 Å². The second kappa shape index (κ2) is 6.42. The maximum Gasteiger partial charge on any atom is 0.272 e. The fraction of sp³-hybridized carbons (Fsp3) is 0.714. The summed E-state index contributed by atoms with van der Waals surface area (Å²) in [6.07, 6.45) is 5.03. The number of hydrogen-bond acceptors (Lipinski definition) is 2. The Kier molecular flexibility index (Phi) is 4.86. The summed E-state index contributed by atoms with van der Waals surface area (Å²) >= 11 is 5.75. The molecule has 0 saturated carbocycles. The van der Waals surface area contributed by atoms with Gasteiger partial charge in [-0.2, -0.15) is 5.10 Å². The summed E-state index contributed by atoms with van der Waals surface area (Å²) in [6, 6.07) is 2.27. The Balaban J connectivity index is 2.11. The van der Waals surface area contributed by atoms with E-state index in [2.05, 4.69) is 12.0 Å². The minimum absolute atomic E-state index is 0.117. The number of hydrogen-bond donors (Lipinski definition) is 0. The Hall–Kier alpha value is -1.03.